The van der Waals surface area contributed by atoms with Crippen LogP contribution in [0.2, 0.25) is 0 Å². The SMILES string of the molecule is COc1ccc(/C=N/NC(=O)CCNc2n[nH]c(=O)[nH]c2=O)cc1OC. The molecule has 1 aromatic carbocycles. The molecule has 0 radical (unpaired) electrons. The topological polar surface area (TPSA) is 151 Å². The monoisotopic (exact) mass is 362 g/mol. The first-order valence-electron chi connectivity index (χ1n) is 7.50. The zero-order chi connectivity index (χ0) is 18.9. The maximum Gasteiger partial charge on any atom is 0.342 e. The molecule has 0 saturated heterocycles. The Morgan fingerprint density at radius 3 is 2.73 bits per heavy atom. The zero-order valence-corrected chi connectivity index (χ0v) is 14.2. The molecule has 11 nitrogen and oxygen atoms in total. The van der Waals surface area contributed by atoms with Gasteiger partial charge >= 0.3 is 5.69 Å². The summed E-state index contributed by atoms with van der Waals surface area (Å²) in [6.07, 6.45) is 1.50. The predicted octanol–water partition coefficient (Wildman–Crippen LogP) is -0.572. The van der Waals surface area contributed by atoms with Gasteiger partial charge in [0.05, 0.1) is 20.4 Å². The molecule has 26 heavy (non-hydrogen) atoms. The minimum absolute atomic E-state index is 0.0452. The van der Waals surface area contributed by atoms with Gasteiger partial charge in [-0.1, -0.05) is 0 Å². The van der Waals surface area contributed by atoms with Crippen molar-refractivity contribution in [2.24, 2.45) is 5.10 Å². The van der Waals surface area contributed by atoms with Crippen LogP contribution in [0.25, 0.3) is 0 Å². The third kappa shape index (κ3) is 5.19. The smallest absolute Gasteiger partial charge is 0.342 e. The number of amides is 1. The number of aromatic nitrogens is 3. The van der Waals surface area contributed by atoms with E-state index in [1.807, 2.05) is 4.98 Å². The van der Waals surface area contributed by atoms with E-state index in [1.165, 1.54) is 20.4 Å². The molecule has 0 aliphatic carbocycles. The first kappa shape index (κ1) is 18.7. The molecular formula is C15H18N6O5. The normalized spacial score (nSPS) is 10.5. The molecule has 0 aliphatic rings. The molecule has 0 saturated carbocycles. The van der Waals surface area contributed by atoms with Gasteiger partial charge in [0.1, 0.15) is 0 Å². The van der Waals surface area contributed by atoms with Crippen LogP contribution in [-0.2, 0) is 4.79 Å². The van der Waals surface area contributed by atoms with Gasteiger partial charge in [-0.15, -0.1) is 5.10 Å². The number of carbonyl (C=O) groups excluding carboxylic acids is 1. The molecule has 1 heterocycles. The summed E-state index contributed by atoms with van der Waals surface area (Å²) in [5, 5.41) is 12.1. The molecular weight excluding hydrogens is 344 g/mol. The lowest BCUT2D eigenvalue weighted by Gasteiger charge is -2.07. The Hall–Kier alpha value is -3.63. The first-order valence-corrected chi connectivity index (χ1v) is 7.50. The van der Waals surface area contributed by atoms with Gasteiger partial charge in [0, 0.05) is 13.0 Å². The fourth-order valence-electron chi connectivity index (χ4n) is 1.93. The Morgan fingerprint density at radius 2 is 2.04 bits per heavy atom. The van der Waals surface area contributed by atoms with Crippen LogP contribution in [0.3, 0.4) is 0 Å². The van der Waals surface area contributed by atoms with E-state index in [4.69, 9.17) is 9.47 Å². The highest BCUT2D eigenvalue weighted by Crippen LogP contribution is 2.26. The third-order valence-electron chi connectivity index (χ3n) is 3.17. The number of benzene rings is 1. The van der Waals surface area contributed by atoms with Crippen LogP contribution >= 0.6 is 0 Å². The molecule has 2 rings (SSSR count). The summed E-state index contributed by atoms with van der Waals surface area (Å²) in [6, 6.07) is 5.19. The van der Waals surface area contributed by atoms with E-state index in [9.17, 15) is 14.4 Å². The van der Waals surface area contributed by atoms with Gasteiger partial charge in [0.15, 0.2) is 11.5 Å². The minimum Gasteiger partial charge on any atom is -0.493 e. The molecule has 0 aliphatic heterocycles. The molecule has 138 valence electrons. The molecule has 0 spiro atoms. The Bertz CT molecular complexity index is 904. The second-order valence-corrected chi connectivity index (χ2v) is 4.94. The van der Waals surface area contributed by atoms with Gasteiger partial charge in [-0.05, 0) is 23.8 Å². The Balaban J connectivity index is 1.82. The quantitative estimate of drug-likeness (QED) is 0.362. The van der Waals surface area contributed by atoms with Gasteiger partial charge in [-0.3, -0.25) is 14.6 Å². The predicted molar refractivity (Wildman–Crippen MR) is 93.9 cm³/mol. The van der Waals surface area contributed by atoms with Crippen molar-refractivity contribution in [3.8, 4) is 11.5 Å². The van der Waals surface area contributed by atoms with Gasteiger partial charge in [-0.2, -0.15) is 5.10 Å². The maximum atomic E-state index is 11.7. The van der Waals surface area contributed by atoms with E-state index in [0.29, 0.717) is 17.1 Å². The van der Waals surface area contributed by atoms with E-state index in [-0.39, 0.29) is 24.7 Å². The number of H-pyrrole nitrogens is 2. The molecule has 4 N–H and O–H groups in total. The number of hydrogen-bond donors (Lipinski definition) is 4. The molecule has 1 aromatic heterocycles. The van der Waals surface area contributed by atoms with Gasteiger partial charge in [0.25, 0.3) is 5.56 Å². The summed E-state index contributed by atoms with van der Waals surface area (Å²) in [4.78, 5) is 36.0. The fourth-order valence-corrected chi connectivity index (χ4v) is 1.93. The van der Waals surface area contributed by atoms with Crippen molar-refractivity contribution in [2.45, 2.75) is 6.42 Å². The second-order valence-electron chi connectivity index (χ2n) is 4.94. The Kier molecular flexibility index (Phi) is 6.48. The van der Waals surface area contributed by atoms with Crippen molar-refractivity contribution in [1.82, 2.24) is 20.6 Å². The van der Waals surface area contributed by atoms with E-state index >= 15 is 0 Å². The van der Waals surface area contributed by atoms with Crippen molar-refractivity contribution in [3.05, 3.63) is 44.6 Å². The van der Waals surface area contributed by atoms with Crippen LogP contribution in [0.1, 0.15) is 12.0 Å². The number of rotatable bonds is 8. The lowest BCUT2D eigenvalue weighted by atomic mass is 10.2. The molecule has 0 fully saturated rings. The molecule has 1 amide bonds. The van der Waals surface area contributed by atoms with Crippen molar-refractivity contribution in [3.63, 3.8) is 0 Å². The zero-order valence-electron chi connectivity index (χ0n) is 14.2. The van der Waals surface area contributed by atoms with Gasteiger partial charge < -0.3 is 14.8 Å². The average Bonchev–Trinajstić information content (AvgIpc) is 2.63. The standard InChI is InChI=1S/C15H18N6O5/c1-25-10-4-3-9(7-11(10)26-2)8-17-19-12(22)5-6-16-13-14(23)18-15(24)21-20-13/h3-4,7-8H,5-6H2,1-2H3,(H,16,20)(H,19,22)(H2,18,21,23,24)/b17-8+. The number of hydrazone groups is 1. The molecule has 2 aromatic rings. The van der Waals surface area contributed by atoms with Crippen LogP contribution in [0.4, 0.5) is 5.82 Å². The van der Waals surface area contributed by atoms with Crippen LogP contribution in [0.15, 0.2) is 32.9 Å². The van der Waals surface area contributed by atoms with Crippen molar-refractivity contribution < 1.29 is 14.3 Å². The molecule has 0 unspecified atom stereocenters. The van der Waals surface area contributed by atoms with Gasteiger partial charge in [0.2, 0.25) is 11.7 Å². The fraction of sp³-hybridized carbons (Fsp3) is 0.267. The number of ether oxygens (including phenoxy) is 2. The summed E-state index contributed by atoms with van der Waals surface area (Å²) < 4.78 is 10.3. The highest BCUT2D eigenvalue weighted by atomic mass is 16.5. The largest absolute Gasteiger partial charge is 0.493 e. The number of hydrogen-bond acceptors (Lipinski definition) is 8. The third-order valence-corrected chi connectivity index (χ3v) is 3.17. The van der Waals surface area contributed by atoms with E-state index in [2.05, 4.69) is 26.0 Å². The number of aromatic amines is 2. The summed E-state index contributed by atoms with van der Waals surface area (Å²) in [7, 11) is 3.06. The Morgan fingerprint density at radius 1 is 1.27 bits per heavy atom. The van der Waals surface area contributed by atoms with E-state index in [1.54, 1.807) is 18.2 Å². The lowest BCUT2D eigenvalue weighted by molar-refractivity contribution is -0.120. The number of nitrogens with one attached hydrogen (secondary N) is 4. The van der Waals surface area contributed by atoms with Crippen LogP contribution in [-0.4, -0.2) is 48.1 Å². The molecule has 11 heteroatoms. The maximum absolute atomic E-state index is 11.7. The summed E-state index contributed by atoms with van der Waals surface area (Å²) >= 11 is 0. The van der Waals surface area contributed by atoms with Crippen LogP contribution < -0.4 is 31.5 Å². The molecule has 0 bridgehead atoms. The number of anilines is 1. The molecule has 0 atom stereocenters. The van der Waals surface area contributed by atoms with Gasteiger partial charge in [-0.25, -0.2) is 15.3 Å². The van der Waals surface area contributed by atoms with E-state index in [0.717, 1.165) is 0 Å². The Labute approximate surface area is 147 Å². The minimum atomic E-state index is -0.706. The van der Waals surface area contributed by atoms with Crippen molar-refractivity contribution in [1.29, 1.82) is 0 Å². The summed E-state index contributed by atoms with van der Waals surface area (Å²) in [5.41, 5.74) is 1.70. The number of nitrogens with zero attached hydrogens (tertiary/aromatic N) is 2. The number of carbonyl (C=O) groups is 1. The van der Waals surface area contributed by atoms with Crippen LogP contribution in [0.5, 0.6) is 11.5 Å². The first-order chi connectivity index (χ1) is 12.5. The summed E-state index contributed by atoms with van der Waals surface area (Å²) in [6.45, 7) is 0.139. The lowest BCUT2D eigenvalue weighted by Crippen LogP contribution is -2.28. The summed E-state index contributed by atoms with van der Waals surface area (Å²) in [5.74, 6) is 0.692. The highest BCUT2D eigenvalue weighted by molar-refractivity contribution is 5.83. The van der Waals surface area contributed by atoms with Crippen molar-refractivity contribution >= 4 is 17.9 Å². The van der Waals surface area contributed by atoms with Crippen molar-refractivity contribution in [2.75, 3.05) is 26.1 Å². The highest BCUT2D eigenvalue weighted by Gasteiger charge is 2.05. The number of methoxy groups -OCH3 is 2. The van der Waals surface area contributed by atoms with E-state index < -0.39 is 11.2 Å². The average molecular weight is 362 g/mol. The van der Waals surface area contributed by atoms with Crippen LogP contribution in [0, 0.1) is 0 Å². The second kappa shape index (κ2) is 9.01.